The van der Waals surface area contributed by atoms with Gasteiger partial charge >= 0.3 is 5.69 Å². The van der Waals surface area contributed by atoms with Crippen LogP contribution in [0.25, 0.3) is 10.4 Å². The molecule has 0 radical (unpaired) electrons. The summed E-state index contributed by atoms with van der Waals surface area (Å²) in [5.41, 5.74) is 5.78. The average Bonchev–Trinajstić information content (AvgIpc) is 2.63. The molecule has 1 aromatic rings. The Kier molecular flexibility index (Phi) is 3.64. The molecule has 3 N–H and O–H groups in total. The highest BCUT2D eigenvalue weighted by molar-refractivity contribution is 5.06. The number of aromatic amines is 1. The highest BCUT2D eigenvalue weighted by Crippen LogP contribution is 2.40. The number of rotatable bonds is 3. The minimum atomic E-state index is -1.50. The molecule has 10 heteroatoms. The zero-order valence-corrected chi connectivity index (χ0v) is 10.5. The Labute approximate surface area is 111 Å². The Balaban J connectivity index is 2.56. The van der Waals surface area contributed by atoms with Crippen molar-refractivity contribution in [3.05, 3.63) is 43.5 Å². The molecule has 1 saturated heterocycles. The van der Waals surface area contributed by atoms with Crippen LogP contribution >= 0.6 is 0 Å². The second kappa shape index (κ2) is 5.10. The summed E-state index contributed by atoms with van der Waals surface area (Å²) in [5.74, 6) is 0. The third-order valence-electron chi connectivity index (χ3n) is 3.30. The predicted molar refractivity (Wildman–Crippen MR) is 65.9 cm³/mol. The molecular formula is C10H13N5O5. The maximum absolute atomic E-state index is 11.8. The number of azide groups is 1. The van der Waals surface area contributed by atoms with Gasteiger partial charge in [0.15, 0.2) is 6.23 Å². The van der Waals surface area contributed by atoms with Crippen molar-refractivity contribution in [1.29, 1.82) is 0 Å². The van der Waals surface area contributed by atoms with Crippen molar-refractivity contribution in [2.45, 2.75) is 30.9 Å². The third-order valence-corrected chi connectivity index (χ3v) is 3.30. The summed E-state index contributed by atoms with van der Waals surface area (Å²) in [6.07, 6.45) is -2.28. The lowest BCUT2D eigenvalue weighted by atomic mass is 9.93. The molecule has 0 spiro atoms. The van der Waals surface area contributed by atoms with E-state index in [2.05, 4.69) is 10.0 Å². The molecular weight excluding hydrogens is 270 g/mol. The van der Waals surface area contributed by atoms with Gasteiger partial charge < -0.3 is 14.9 Å². The summed E-state index contributed by atoms with van der Waals surface area (Å²) in [5, 5.41) is 22.7. The van der Waals surface area contributed by atoms with Crippen molar-refractivity contribution < 1.29 is 14.9 Å². The van der Waals surface area contributed by atoms with Gasteiger partial charge in [-0.05, 0) is 12.5 Å². The van der Waals surface area contributed by atoms with Crippen molar-refractivity contribution in [3.8, 4) is 0 Å². The Morgan fingerprint density at radius 2 is 2.35 bits per heavy atom. The first-order chi connectivity index (χ1) is 9.43. The number of aliphatic hydroxyl groups is 2. The standard InChI is InChI=1S/C10H13N5O5/c1-10(13-14-11)7(18)5(4-16)20-8(10)15-3-2-6(17)12-9(15)19/h2-3,5,7-8,16,18H,4H2,1H3,(H,12,17,19)/t5?,7-,8?,10-/m1/s1. The SMILES string of the molecule is C[C@]1(N=[N+]=[N-])C(n2ccc(=O)[nH]c2=O)OC(CO)[C@H]1O. The van der Waals surface area contributed by atoms with Crippen LogP contribution in [-0.2, 0) is 4.74 Å². The molecule has 10 nitrogen and oxygen atoms in total. The zero-order valence-electron chi connectivity index (χ0n) is 10.5. The third kappa shape index (κ3) is 2.10. The number of H-pyrrole nitrogens is 1. The van der Waals surface area contributed by atoms with Crippen LogP contribution < -0.4 is 11.2 Å². The lowest BCUT2D eigenvalue weighted by molar-refractivity contribution is -0.0487. The highest BCUT2D eigenvalue weighted by atomic mass is 16.5. The fraction of sp³-hybridized carbons (Fsp3) is 0.600. The molecule has 1 aromatic heterocycles. The monoisotopic (exact) mass is 283 g/mol. The molecule has 1 fully saturated rings. The lowest BCUT2D eigenvalue weighted by Gasteiger charge is -2.27. The van der Waals surface area contributed by atoms with E-state index >= 15 is 0 Å². The van der Waals surface area contributed by atoms with Crippen LogP contribution in [0.2, 0.25) is 0 Å². The van der Waals surface area contributed by atoms with E-state index < -0.39 is 41.8 Å². The Morgan fingerprint density at radius 3 is 2.90 bits per heavy atom. The van der Waals surface area contributed by atoms with E-state index in [1.165, 1.54) is 13.1 Å². The van der Waals surface area contributed by atoms with Crippen LogP contribution in [0.1, 0.15) is 13.2 Å². The van der Waals surface area contributed by atoms with Crippen molar-refractivity contribution in [2.75, 3.05) is 6.61 Å². The fourth-order valence-electron chi connectivity index (χ4n) is 2.21. The molecule has 108 valence electrons. The zero-order chi connectivity index (χ0) is 14.9. The second-order valence-corrected chi connectivity index (χ2v) is 4.59. The van der Waals surface area contributed by atoms with Gasteiger partial charge in [0.2, 0.25) is 0 Å². The van der Waals surface area contributed by atoms with Crippen LogP contribution in [-0.4, -0.2) is 44.1 Å². The van der Waals surface area contributed by atoms with Crippen molar-refractivity contribution >= 4 is 0 Å². The number of aliphatic hydroxyl groups excluding tert-OH is 2. The molecule has 0 saturated carbocycles. The molecule has 0 aliphatic carbocycles. The maximum atomic E-state index is 11.8. The van der Waals surface area contributed by atoms with Gasteiger partial charge in [0.05, 0.1) is 12.7 Å². The van der Waals surface area contributed by atoms with E-state index in [1.807, 2.05) is 4.98 Å². The summed E-state index contributed by atoms with van der Waals surface area (Å²) < 4.78 is 6.37. The summed E-state index contributed by atoms with van der Waals surface area (Å²) in [7, 11) is 0. The highest BCUT2D eigenvalue weighted by Gasteiger charge is 2.53. The van der Waals surface area contributed by atoms with Gasteiger partial charge in [-0.25, -0.2) is 4.79 Å². The van der Waals surface area contributed by atoms with Crippen LogP contribution in [0.5, 0.6) is 0 Å². The van der Waals surface area contributed by atoms with E-state index in [0.717, 1.165) is 10.6 Å². The Hall–Kier alpha value is -2.13. The summed E-state index contributed by atoms with van der Waals surface area (Å²) in [6, 6.07) is 1.10. The average molecular weight is 283 g/mol. The Morgan fingerprint density at radius 1 is 1.65 bits per heavy atom. The molecule has 2 heterocycles. The van der Waals surface area contributed by atoms with Crippen molar-refractivity contribution in [2.24, 2.45) is 5.11 Å². The molecule has 1 aliphatic heterocycles. The first kappa shape index (κ1) is 14.3. The smallest absolute Gasteiger partial charge is 0.330 e. The van der Waals surface area contributed by atoms with E-state index in [0.29, 0.717) is 0 Å². The maximum Gasteiger partial charge on any atom is 0.330 e. The van der Waals surface area contributed by atoms with Gasteiger partial charge in [-0.1, -0.05) is 5.11 Å². The minimum Gasteiger partial charge on any atom is -0.394 e. The van der Waals surface area contributed by atoms with Gasteiger partial charge in [-0.2, -0.15) is 0 Å². The van der Waals surface area contributed by atoms with Crippen molar-refractivity contribution in [1.82, 2.24) is 9.55 Å². The first-order valence-corrected chi connectivity index (χ1v) is 5.76. The number of nitrogens with one attached hydrogen (secondary N) is 1. The molecule has 2 rings (SSSR count). The largest absolute Gasteiger partial charge is 0.394 e. The van der Waals surface area contributed by atoms with Gasteiger partial charge in [-0.15, -0.1) is 0 Å². The lowest BCUT2D eigenvalue weighted by Crippen LogP contribution is -2.45. The van der Waals surface area contributed by atoms with E-state index in [9.17, 15) is 14.7 Å². The van der Waals surface area contributed by atoms with E-state index in [4.69, 9.17) is 15.4 Å². The first-order valence-electron chi connectivity index (χ1n) is 5.76. The molecule has 1 aliphatic rings. The van der Waals surface area contributed by atoms with Crippen LogP contribution in [0.4, 0.5) is 0 Å². The van der Waals surface area contributed by atoms with Gasteiger partial charge in [0.1, 0.15) is 11.6 Å². The van der Waals surface area contributed by atoms with Crippen LogP contribution in [0.15, 0.2) is 27.0 Å². The summed E-state index contributed by atoms with van der Waals surface area (Å²) >= 11 is 0. The fourth-order valence-corrected chi connectivity index (χ4v) is 2.21. The minimum absolute atomic E-state index is 0.508. The number of nitrogens with zero attached hydrogens (tertiary/aromatic N) is 4. The normalized spacial score (nSPS) is 32.9. The molecule has 20 heavy (non-hydrogen) atoms. The van der Waals surface area contributed by atoms with Crippen LogP contribution in [0, 0.1) is 0 Å². The number of aromatic nitrogens is 2. The molecule has 2 unspecified atom stereocenters. The van der Waals surface area contributed by atoms with E-state index in [-0.39, 0.29) is 0 Å². The molecule has 0 aromatic carbocycles. The molecule has 4 atom stereocenters. The second-order valence-electron chi connectivity index (χ2n) is 4.59. The number of hydrogen-bond donors (Lipinski definition) is 3. The van der Waals surface area contributed by atoms with Gasteiger partial charge in [0.25, 0.3) is 5.56 Å². The quantitative estimate of drug-likeness (QED) is 0.363. The topological polar surface area (TPSA) is 153 Å². The number of ether oxygens (including phenoxy) is 1. The summed E-state index contributed by atoms with van der Waals surface area (Å²) in [6.45, 7) is 0.890. The van der Waals surface area contributed by atoms with Gasteiger partial charge in [0, 0.05) is 17.2 Å². The number of hydrogen-bond acceptors (Lipinski definition) is 6. The Bertz CT molecular complexity index is 662. The van der Waals surface area contributed by atoms with E-state index in [1.54, 1.807) is 0 Å². The predicted octanol–water partition coefficient (Wildman–Crippen LogP) is -1.14. The van der Waals surface area contributed by atoms with Crippen LogP contribution in [0.3, 0.4) is 0 Å². The van der Waals surface area contributed by atoms with Crippen molar-refractivity contribution in [3.63, 3.8) is 0 Å². The molecule has 0 bridgehead atoms. The molecule has 0 amide bonds. The summed E-state index contributed by atoms with van der Waals surface area (Å²) in [4.78, 5) is 27.5. The van der Waals surface area contributed by atoms with Gasteiger partial charge in [-0.3, -0.25) is 14.3 Å².